The van der Waals surface area contributed by atoms with Gasteiger partial charge in [0.05, 0.1) is 0 Å². The highest BCUT2D eigenvalue weighted by Crippen LogP contribution is 2.24. The van der Waals surface area contributed by atoms with Gasteiger partial charge in [-0.3, -0.25) is 4.90 Å². The molecule has 3 nitrogen and oxygen atoms in total. The maximum Gasteiger partial charge on any atom is 0.128 e. The lowest BCUT2D eigenvalue weighted by Crippen LogP contribution is -2.55. The van der Waals surface area contributed by atoms with E-state index in [0.29, 0.717) is 6.04 Å². The first-order valence-electron chi connectivity index (χ1n) is 7.41. The predicted octanol–water partition coefficient (Wildman–Crippen LogP) is 2.70. The Hall–Kier alpha value is -1.35. The zero-order valence-electron chi connectivity index (χ0n) is 11.7. The van der Waals surface area contributed by atoms with E-state index in [2.05, 4.69) is 46.0 Å². The zero-order chi connectivity index (χ0) is 13.1. The lowest BCUT2D eigenvalue weighted by Gasteiger charge is -2.44. The lowest BCUT2D eigenvalue weighted by atomic mass is 9.97. The Morgan fingerprint density at radius 3 is 2.84 bits per heavy atom. The van der Waals surface area contributed by atoms with Gasteiger partial charge < -0.3 is 4.90 Å². The number of allylic oxidation sites excluding steroid dienone is 1. The van der Waals surface area contributed by atoms with Gasteiger partial charge >= 0.3 is 0 Å². The first-order chi connectivity index (χ1) is 9.34. The molecule has 3 heteroatoms. The molecule has 1 aliphatic carbocycles. The van der Waals surface area contributed by atoms with Crippen molar-refractivity contribution in [2.45, 2.75) is 38.3 Å². The molecule has 1 aromatic heterocycles. The van der Waals surface area contributed by atoms with Crippen LogP contribution in [0.3, 0.4) is 0 Å². The standard InChI is InChI=1S/C16H23N3/c1-14-13-18(16-9-5-6-10-17-16)11-12-19(14)15-7-3-2-4-8-15/h2-3,5-6,9-10,14-15H,4,7-8,11-13H2,1H3. The molecule has 1 aliphatic heterocycles. The predicted molar refractivity (Wildman–Crippen MR) is 79.4 cm³/mol. The van der Waals surface area contributed by atoms with E-state index in [9.17, 15) is 0 Å². The second kappa shape index (κ2) is 5.74. The van der Waals surface area contributed by atoms with Crippen LogP contribution in [0.4, 0.5) is 5.82 Å². The average Bonchev–Trinajstić information content (AvgIpc) is 2.49. The Morgan fingerprint density at radius 2 is 2.16 bits per heavy atom. The van der Waals surface area contributed by atoms with Gasteiger partial charge in [-0.2, -0.15) is 0 Å². The summed E-state index contributed by atoms with van der Waals surface area (Å²) in [5.41, 5.74) is 0. The average molecular weight is 257 g/mol. The normalized spacial score (nSPS) is 28.6. The minimum absolute atomic E-state index is 0.618. The smallest absolute Gasteiger partial charge is 0.128 e. The van der Waals surface area contributed by atoms with Crippen LogP contribution in [0.2, 0.25) is 0 Å². The molecule has 1 aromatic rings. The largest absolute Gasteiger partial charge is 0.354 e. The second-order valence-electron chi connectivity index (χ2n) is 5.66. The highest BCUT2D eigenvalue weighted by molar-refractivity contribution is 5.38. The SMILES string of the molecule is CC1CN(c2ccccn2)CCN1C1CC=CCC1. The van der Waals surface area contributed by atoms with Crippen LogP contribution in [0.15, 0.2) is 36.5 Å². The topological polar surface area (TPSA) is 19.4 Å². The molecule has 2 aliphatic rings. The van der Waals surface area contributed by atoms with E-state index in [-0.39, 0.29) is 0 Å². The van der Waals surface area contributed by atoms with Gasteiger partial charge in [0.1, 0.15) is 5.82 Å². The minimum Gasteiger partial charge on any atom is -0.354 e. The monoisotopic (exact) mass is 257 g/mol. The molecule has 0 bridgehead atoms. The molecule has 0 N–H and O–H groups in total. The van der Waals surface area contributed by atoms with Crippen LogP contribution in [0.5, 0.6) is 0 Å². The van der Waals surface area contributed by atoms with Crippen molar-refractivity contribution < 1.29 is 0 Å². The summed E-state index contributed by atoms with van der Waals surface area (Å²) in [4.78, 5) is 9.58. The van der Waals surface area contributed by atoms with Gasteiger partial charge in [0, 0.05) is 37.9 Å². The maximum absolute atomic E-state index is 4.47. The molecule has 0 saturated carbocycles. The molecule has 0 amide bonds. The van der Waals surface area contributed by atoms with Crippen molar-refractivity contribution in [3.05, 3.63) is 36.5 Å². The summed E-state index contributed by atoms with van der Waals surface area (Å²) in [6, 6.07) is 7.55. The van der Waals surface area contributed by atoms with Crippen LogP contribution in [0.1, 0.15) is 26.2 Å². The van der Waals surface area contributed by atoms with Crippen LogP contribution in [-0.2, 0) is 0 Å². The Bertz CT molecular complexity index is 429. The van der Waals surface area contributed by atoms with E-state index in [4.69, 9.17) is 0 Å². The van der Waals surface area contributed by atoms with E-state index >= 15 is 0 Å². The number of hydrogen-bond acceptors (Lipinski definition) is 3. The highest BCUT2D eigenvalue weighted by Gasteiger charge is 2.29. The fourth-order valence-corrected chi connectivity index (χ4v) is 3.34. The van der Waals surface area contributed by atoms with Gasteiger partial charge in [-0.15, -0.1) is 0 Å². The third kappa shape index (κ3) is 2.81. The quantitative estimate of drug-likeness (QED) is 0.759. The summed E-state index contributed by atoms with van der Waals surface area (Å²) in [6.07, 6.45) is 10.4. The van der Waals surface area contributed by atoms with Gasteiger partial charge in [0.25, 0.3) is 0 Å². The highest BCUT2D eigenvalue weighted by atomic mass is 15.3. The van der Waals surface area contributed by atoms with E-state index in [1.165, 1.54) is 19.3 Å². The molecule has 2 heterocycles. The van der Waals surface area contributed by atoms with Crippen LogP contribution in [0, 0.1) is 0 Å². The maximum atomic E-state index is 4.47. The van der Waals surface area contributed by atoms with Crippen LogP contribution < -0.4 is 4.90 Å². The van der Waals surface area contributed by atoms with Crippen molar-refractivity contribution in [1.82, 2.24) is 9.88 Å². The molecule has 0 aromatic carbocycles. The first kappa shape index (κ1) is 12.7. The van der Waals surface area contributed by atoms with Gasteiger partial charge in [-0.25, -0.2) is 4.98 Å². The van der Waals surface area contributed by atoms with Gasteiger partial charge in [-0.1, -0.05) is 18.2 Å². The van der Waals surface area contributed by atoms with Crippen LogP contribution in [0.25, 0.3) is 0 Å². The Balaban J connectivity index is 1.64. The first-order valence-corrected chi connectivity index (χ1v) is 7.41. The second-order valence-corrected chi connectivity index (χ2v) is 5.66. The molecular formula is C16H23N3. The molecule has 3 rings (SSSR count). The number of nitrogens with zero attached hydrogens (tertiary/aromatic N) is 3. The van der Waals surface area contributed by atoms with E-state index < -0.39 is 0 Å². The van der Waals surface area contributed by atoms with Crippen molar-refractivity contribution in [2.24, 2.45) is 0 Å². The van der Waals surface area contributed by atoms with Crippen molar-refractivity contribution in [2.75, 3.05) is 24.5 Å². The third-order valence-electron chi connectivity index (χ3n) is 4.36. The van der Waals surface area contributed by atoms with Crippen molar-refractivity contribution in [3.8, 4) is 0 Å². The van der Waals surface area contributed by atoms with Gasteiger partial charge in [0.2, 0.25) is 0 Å². The van der Waals surface area contributed by atoms with E-state index in [1.807, 2.05) is 12.3 Å². The molecule has 0 radical (unpaired) electrons. The molecule has 0 spiro atoms. The molecule has 2 unspecified atom stereocenters. The fraction of sp³-hybridized carbons (Fsp3) is 0.562. The van der Waals surface area contributed by atoms with Crippen molar-refractivity contribution >= 4 is 5.82 Å². The number of piperazine rings is 1. The summed E-state index contributed by atoms with van der Waals surface area (Å²) in [5.74, 6) is 1.12. The summed E-state index contributed by atoms with van der Waals surface area (Å²) < 4.78 is 0. The number of anilines is 1. The molecule has 2 atom stereocenters. The van der Waals surface area contributed by atoms with Gasteiger partial charge in [-0.05, 0) is 38.3 Å². The van der Waals surface area contributed by atoms with Gasteiger partial charge in [0.15, 0.2) is 0 Å². The molecule has 1 fully saturated rings. The number of rotatable bonds is 2. The Labute approximate surface area is 115 Å². The summed E-state index contributed by atoms with van der Waals surface area (Å²) in [7, 11) is 0. The number of pyridine rings is 1. The fourth-order valence-electron chi connectivity index (χ4n) is 3.34. The van der Waals surface area contributed by atoms with E-state index in [1.54, 1.807) is 0 Å². The van der Waals surface area contributed by atoms with Crippen molar-refractivity contribution in [1.29, 1.82) is 0 Å². The minimum atomic E-state index is 0.618. The molecule has 1 saturated heterocycles. The zero-order valence-corrected chi connectivity index (χ0v) is 11.7. The summed E-state index contributed by atoms with van der Waals surface area (Å²) in [6.45, 7) is 5.71. The molecular weight excluding hydrogens is 234 g/mol. The number of hydrogen-bond donors (Lipinski definition) is 0. The Morgan fingerprint density at radius 1 is 1.21 bits per heavy atom. The van der Waals surface area contributed by atoms with Crippen molar-refractivity contribution in [3.63, 3.8) is 0 Å². The van der Waals surface area contributed by atoms with Crippen LogP contribution >= 0.6 is 0 Å². The number of aromatic nitrogens is 1. The Kier molecular flexibility index (Phi) is 3.83. The third-order valence-corrected chi connectivity index (χ3v) is 4.36. The van der Waals surface area contributed by atoms with E-state index in [0.717, 1.165) is 31.5 Å². The molecule has 19 heavy (non-hydrogen) atoms. The summed E-state index contributed by atoms with van der Waals surface area (Å²) >= 11 is 0. The molecule has 102 valence electrons. The summed E-state index contributed by atoms with van der Waals surface area (Å²) in [5, 5.41) is 0. The van der Waals surface area contributed by atoms with Crippen LogP contribution in [-0.4, -0.2) is 41.6 Å². The lowest BCUT2D eigenvalue weighted by molar-refractivity contribution is 0.120.